The largest absolute Gasteiger partial charge is 0.445 e. The highest BCUT2D eigenvalue weighted by Crippen LogP contribution is 2.42. The van der Waals surface area contributed by atoms with Crippen molar-refractivity contribution in [1.82, 2.24) is 0 Å². The molecule has 0 aliphatic heterocycles. The van der Waals surface area contributed by atoms with Gasteiger partial charge in [0.2, 0.25) is 11.7 Å². The summed E-state index contributed by atoms with van der Waals surface area (Å²) in [4.78, 5) is 0. The predicted molar refractivity (Wildman–Crippen MR) is 44.5 cm³/mol. The summed E-state index contributed by atoms with van der Waals surface area (Å²) in [5, 5.41) is 0. The van der Waals surface area contributed by atoms with Crippen LogP contribution >= 0.6 is 0 Å². The van der Waals surface area contributed by atoms with E-state index in [-0.39, 0.29) is 0 Å². The average Bonchev–Trinajstić information content (AvgIpc) is 2.27. The van der Waals surface area contributed by atoms with Crippen molar-refractivity contribution in [1.29, 1.82) is 0 Å². The molecular formula is C10H4F7. The van der Waals surface area contributed by atoms with Crippen LogP contribution in [0.5, 0.6) is 0 Å². The molecule has 0 bridgehead atoms. The molecule has 0 heterocycles. The summed E-state index contributed by atoms with van der Waals surface area (Å²) < 4.78 is 86.6. The van der Waals surface area contributed by atoms with Gasteiger partial charge in [-0.25, -0.2) is 4.39 Å². The van der Waals surface area contributed by atoms with E-state index < -0.39 is 29.3 Å². The first-order chi connectivity index (χ1) is 7.67. The predicted octanol–water partition coefficient (Wildman–Crippen LogP) is 4.29. The Labute approximate surface area is 91.4 Å². The number of allylic oxidation sites excluding steroid dienone is 2. The maximum Gasteiger partial charge on any atom is 0.445 e. The van der Waals surface area contributed by atoms with E-state index in [1.165, 1.54) is 0 Å². The van der Waals surface area contributed by atoms with Gasteiger partial charge in [-0.2, -0.15) is 26.3 Å². The fourth-order valence-electron chi connectivity index (χ4n) is 0.985. The van der Waals surface area contributed by atoms with Crippen molar-refractivity contribution in [3.8, 4) is 0 Å². The first-order valence-electron chi connectivity index (χ1n) is 4.14. The lowest BCUT2D eigenvalue weighted by Gasteiger charge is -2.16. The summed E-state index contributed by atoms with van der Waals surface area (Å²) in [5.74, 6) is -11.3. The molecule has 0 aliphatic carbocycles. The summed E-state index contributed by atoms with van der Waals surface area (Å²) in [6.07, 6.45) is -5.78. The van der Waals surface area contributed by atoms with Crippen molar-refractivity contribution in [2.45, 2.75) is 12.1 Å². The van der Waals surface area contributed by atoms with Gasteiger partial charge in [-0.3, -0.25) is 0 Å². The molecule has 1 aromatic rings. The van der Waals surface area contributed by atoms with E-state index in [1.807, 2.05) is 0 Å². The Morgan fingerprint density at radius 3 is 1.76 bits per heavy atom. The van der Waals surface area contributed by atoms with E-state index in [2.05, 4.69) is 6.07 Å². The number of alkyl halides is 5. The van der Waals surface area contributed by atoms with Crippen LogP contribution in [0.4, 0.5) is 30.7 Å². The highest BCUT2D eigenvalue weighted by molar-refractivity contribution is 5.28. The molecule has 0 unspecified atom stereocenters. The zero-order chi connectivity index (χ0) is 13.3. The van der Waals surface area contributed by atoms with Crippen LogP contribution < -0.4 is 0 Å². The van der Waals surface area contributed by atoms with Gasteiger partial charge in [0.1, 0.15) is 0 Å². The lowest BCUT2D eigenvalue weighted by Crippen LogP contribution is -2.20. The first kappa shape index (κ1) is 13.5. The van der Waals surface area contributed by atoms with Crippen molar-refractivity contribution in [2.24, 2.45) is 0 Å². The van der Waals surface area contributed by atoms with Crippen LogP contribution in [0.25, 0.3) is 0 Å². The third kappa shape index (κ3) is 2.78. The second-order valence-electron chi connectivity index (χ2n) is 2.99. The second kappa shape index (κ2) is 4.38. The molecule has 0 saturated carbocycles. The Morgan fingerprint density at radius 2 is 1.35 bits per heavy atom. The van der Waals surface area contributed by atoms with E-state index in [9.17, 15) is 30.7 Å². The molecule has 1 aromatic carbocycles. The molecule has 1 radical (unpaired) electrons. The molecule has 0 spiro atoms. The molecule has 0 amide bonds. The van der Waals surface area contributed by atoms with Gasteiger partial charge in [-0.05, 0) is 6.07 Å². The van der Waals surface area contributed by atoms with Gasteiger partial charge in [-0.15, -0.1) is 0 Å². The van der Waals surface area contributed by atoms with Gasteiger partial charge >= 0.3 is 12.1 Å². The topological polar surface area (TPSA) is 0 Å². The Morgan fingerprint density at radius 1 is 0.882 bits per heavy atom. The fraction of sp³-hybridized carbons (Fsp3) is 0.200. The van der Waals surface area contributed by atoms with Gasteiger partial charge < -0.3 is 0 Å². The van der Waals surface area contributed by atoms with Gasteiger partial charge in [0, 0.05) is 5.56 Å². The molecule has 0 aromatic heterocycles. The quantitative estimate of drug-likeness (QED) is 0.693. The molecule has 93 valence electrons. The zero-order valence-electron chi connectivity index (χ0n) is 7.96. The number of halogens is 7. The highest BCUT2D eigenvalue weighted by Gasteiger charge is 2.48. The summed E-state index contributed by atoms with van der Waals surface area (Å²) in [6.45, 7) is 0. The van der Waals surface area contributed by atoms with Crippen LogP contribution in [0.15, 0.2) is 35.9 Å². The zero-order valence-corrected chi connectivity index (χ0v) is 7.96. The minimum Gasteiger partial charge on any atom is -0.201 e. The summed E-state index contributed by atoms with van der Waals surface area (Å²) in [6, 6.07) is 5.49. The number of hydrogen-bond donors (Lipinski definition) is 0. The molecule has 0 aliphatic rings. The molecule has 0 N–H and O–H groups in total. The van der Waals surface area contributed by atoms with Crippen molar-refractivity contribution >= 4 is 0 Å². The van der Waals surface area contributed by atoms with Crippen LogP contribution in [-0.2, 0) is 5.92 Å². The molecule has 0 fully saturated rings. The van der Waals surface area contributed by atoms with Crippen LogP contribution in [-0.4, -0.2) is 6.18 Å². The van der Waals surface area contributed by atoms with E-state index in [4.69, 9.17) is 0 Å². The maximum atomic E-state index is 13.1. The van der Waals surface area contributed by atoms with Crippen molar-refractivity contribution in [2.75, 3.05) is 0 Å². The third-order valence-corrected chi connectivity index (χ3v) is 1.80. The van der Waals surface area contributed by atoms with Crippen LogP contribution in [0.3, 0.4) is 0 Å². The smallest absolute Gasteiger partial charge is 0.201 e. The molecule has 1 rings (SSSR count). The van der Waals surface area contributed by atoms with Crippen LogP contribution in [0.1, 0.15) is 5.56 Å². The van der Waals surface area contributed by atoms with Gasteiger partial charge in [0.15, 0.2) is 0 Å². The third-order valence-electron chi connectivity index (χ3n) is 1.80. The molecule has 0 atom stereocenters. The standard InChI is InChI=1S/C10H4F7/c11-7(8(12)10(15,16)17)9(13,14)6-4-2-1-3-5-6/h2-5H. The van der Waals surface area contributed by atoms with Gasteiger partial charge in [-0.1, -0.05) is 24.3 Å². The first-order valence-corrected chi connectivity index (χ1v) is 4.14. The number of hydrogen-bond acceptors (Lipinski definition) is 0. The monoisotopic (exact) mass is 257 g/mol. The van der Waals surface area contributed by atoms with E-state index in [0.29, 0.717) is 12.1 Å². The molecule has 7 heteroatoms. The molecular weight excluding hydrogens is 253 g/mol. The van der Waals surface area contributed by atoms with Crippen LogP contribution in [0, 0.1) is 6.07 Å². The summed E-state index contributed by atoms with van der Waals surface area (Å²) in [5.41, 5.74) is -1.09. The lowest BCUT2D eigenvalue weighted by atomic mass is 10.1. The highest BCUT2D eigenvalue weighted by atomic mass is 19.4. The Balaban J connectivity index is 3.24. The number of benzene rings is 1. The van der Waals surface area contributed by atoms with E-state index in [0.717, 1.165) is 12.1 Å². The lowest BCUT2D eigenvalue weighted by molar-refractivity contribution is -0.117. The minimum atomic E-state index is -5.78. The van der Waals surface area contributed by atoms with Gasteiger partial charge in [0.05, 0.1) is 0 Å². The number of rotatable bonds is 2. The van der Waals surface area contributed by atoms with E-state index in [1.54, 1.807) is 0 Å². The normalized spacial score (nSPS) is 14.5. The van der Waals surface area contributed by atoms with Crippen molar-refractivity contribution in [3.05, 3.63) is 47.5 Å². The van der Waals surface area contributed by atoms with Gasteiger partial charge in [0.25, 0.3) is 0 Å². The Bertz CT molecular complexity index is 416. The average molecular weight is 257 g/mol. The second-order valence-corrected chi connectivity index (χ2v) is 2.99. The van der Waals surface area contributed by atoms with Crippen LogP contribution in [0.2, 0.25) is 0 Å². The van der Waals surface area contributed by atoms with Crippen molar-refractivity contribution in [3.63, 3.8) is 0 Å². The Kier molecular flexibility index (Phi) is 3.49. The maximum absolute atomic E-state index is 13.1. The molecule has 17 heavy (non-hydrogen) atoms. The fourth-order valence-corrected chi connectivity index (χ4v) is 0.985. The van der Waals surface area contributed by atoms with E-state index >= 15 is 0 Å². The molecule has 0 saturated heterocycles. The van der Waals surface area contributed by atoms with Crippen molar-refractivity contribution < 1.29 is 30.7 Å². The summed E-state index contributed by atoms with van der Waals surface area (Å²) in [7, 11) is 0. The Hall–Kier alpha value is -1.53. The SMILES string of the molecule is FC(=C(F)C(F)(F)c1cc[c]cc1)C(F)(F)F. The molecule has 0 nitrogen and oxygen atoms in total. The summed E-state index contributed by atoms with van der Waals surface area (Å²) >= 11 is 0. The minimum absolute atomic E-state index is 0.642.